The highest BCUT2D eigenvalue weighted by atomic mass is 35.5. The van der Waals surface area contributed by atoms with E-state index in [0.717, 1.165) is 17.9 Å². The van der Waals surface area contributed by atoms with Gasteiger partial charge in [0, 0.05) is 17.5 Å². The first-order valence-corrected chi connectivity index (χ1v) is 11.7. The van der Waals surface area contributed by atoms with Crippen LogP contribution in [-0.4, -0.2) is 75.1 Å². The monoisotopic (exact) mass is 404 g/mol. The summed E-state index contributed by atoms with van der Waals surface area (Å²) in [5.41, 5.74) is 0.447. The first-order valence-electron chi connectivity index (χ1n) is 8.23. The first kappa shape index (κ1) is 20.6. The van der Waals surface area contributed by atoms with Crippen LogP contribution >= 0.6 is 23.4 Å². The number of carbonyl (C=O) groups excluding carboxylic acids is 1. The average molecular weight is 405 g/mol. The SMILES string of the molecule is CSc1ccc(Cl)c(C(=O)N(CCCN(C)C)C2CCS(=O)(=O)C2)c1. The lowest BCUT2D eigenvalue weighted by Gasteiger charge is -2.29. The molecule has 140 valence electrons. The van der Waals surface area contributed by atoms with Gasteiger partial charge < -0.3 is 9.80 Å². The second kappa shape index (κ2) is 8.75. The normalized spacial score (nSPS) is 19.3. The molecular formula is C17H25ClN2O3S2. The molecule has 1 unspecified atom stereocenters. The van der Waals surface area contributed by atoms with Crippen LogP contribution in [0.2, 0.25) is 5.02 Å². The Morgan fingerprint density at radius 2 is 2.04 bits per heavy atom. The molecule has 0 saturated carbocycles. The highest BCUT2D eigenvalue weighted by Gasteiger charge is 2.35. The third kappa shape index (κ3) is 5.61. The zero-order chi connectivity index (χ0) is 18.6. The van der Waals surface area contributed by atoms with Gasteiger partial charge in [0.2, 0.25) is 0 Å². The molecule has 0 aliphatic carbocycles. The molecule has 1 aromatic carbocycles. The standard InChI is InChI=1S/C17H25ClN2O3S2/c1-19(2)8-4-9-20(13-7-10-25(22,23)12-13)17(21)15-11-14(24-3)5-6-16(15)18/h5-6,11,13H,4,7-10,12H2,1-3H3. The van der Waals surface area contributed by atoms with E-state index in [1.807, 2.05) is 26.4 Å². The number of rotatable bonds is 7. The van der Waals surface area contributed by atoms with Crippen LogP contribution in [0.25, 0.3) is 0 Å². The fraction of sp³-hybridized carbons (Fsp3) is 0.588. The van der Waals surface area contributed by atoms with Crippen molar-refractivity contribution in [3.8, 4) is 0 Å². The molecule has 0 radical (unpaired) electrons. The third-order valence-electron chi connectivity index (χ3n) is 4.32. The maximum Gasteiger partial charge on any atom is 0.255 e. The minimum atomic E-state index is -3.06. The predicted octanol–water partition coefficient (Wildman–Crippen LogP) is 2.64. The van der Waals surface area contributed by atoms with Gasteiger partial charge in [0.25, 0.3) is 5.91 Å². The largest absolute Gasteiger partial charge is 0.335 e. The Kier molecular flexibility index (Phi) is 7.19. The molecule has 0 bridgehead atoms. The van der Waals surface area contributed by atoms with E-state index in [1.165, 1.54) is 0 Å². The Morgan fingerprint density at radius 3 is 2.60 bits per heavy atom. The van der Waals surface area contributed by atoms with E-state index < -0.39 is 9.84 Å². The molecule has 1 atom stereocenters. The fourth-order valence-electron chi connectivity index (χ4n) is 2.98. The van der Waals surface area contributed by atoms with E-state index in [0.29, 0.717) is 23.6 Å². The summed E-state index contributed by atoms with van der Waals surface area (Å²) in [4.78, 5) is 17.8. The number of carbonyl (C=O) groups is 1. The molecule has 1 saturated heterocycles. The Balaban J connectivity index is 2.26. The van der Waals surface area contributed by atoms with E-state index in [2.05, 4.69) is 4.90 Å². The number of nitrogens with zero attached hydrogens (tertiary/aromatic N) is 2. The molecule has 8 heteroatoms. The minimum absolute atomic E-state index is 0.0422. The van der Waals surface area contributed by atoms with Crippen molar-refractivity contribution in [1.82, 2.24) is 9.80 Å². The molecule has 1 heterocycles. The molecule has 0 N–H and O–H groups in total. The van der Waals surface area contributed by atoms with Gasteiger partial charge in [-0.15, -0.1) is 11.8 Å². The Morgan fingerprint density at radius 1 is 1.32 bits per heavy atom. The van der Waals surface area contributed by atoms with Crippen molar-refractivity contribution < 1.29 is 13.2 Å². The average Bonchev–Trinajstić information content (AvgIpc) is 2.91. The lowest BCUT2D eigenvalue weighted by atomic mass is 10.1. The van der Waals surface area contributed by atoms with Gasteiger partial charge in [-0.2, -0.15) is 0 Å². The maximum atomic E-state index is 13.1. The van der Waals surface area contributed by atoms with Crippen LogP contribution in [-0.2, 0) is 9.84 Å². The van der Waals surface area contributed by atoms with Crippen LogP contribution in [0.3, 0.4) is 0 Å². The topological polar surface area (TPSA) is 57.7 Å². The summed E-state index contributed by atoms with van der Waals surface area (Å²) in [5, 5.41) is 0.404. The van der Waals surface area contributed by atoms with Gasteiger partial charge in [-0.1, -0.05) is 11.6 Å². The van der Waals surface area contributed by atoms with Crippen LogP contribution in [0.5, 0.6) is 0 Å². The number of halogens is 1. The number of hydrogen-bond donors (Lipinski definition) is 0. The summed E-state index contributed by atoms with van der Waals surface area (Å²) in [5.74, 6) is 0.00981. The van der Waals surface area contributed by atoms with Crippen LogP contribution in [0.15, 0.2) is 23.1 Å². The number of sulfone groups is 1. The maximum absolute atomic E-state index is 13.1. The third-order valence-corrected chi connectivity index (χ3v) is 7.12. The molecule has 1 fully saturated rings. The van der Waals surface area contributed by atoms with Gasteiger partial charge in [-0.3, -0.25) is 4.79 Å². The minimum Gasteiger partial charge on any atom is -0.335 e. The van der Waals surface area contributed by atoms with E-state index in [9.17, 15) is 13.2 Å². The van der Waals surface area contributed by atoms with Gasteiger partial charge in [0.1, 0.15) is 0 Å². The number of thioether (sulfide) groups is 1. The highest BCUT2D eigenvalue weighted by molar-refractivity contribution is 7.98. The highest BCUT2D eigenvalue weighted by Crippen LogP contribution is 2.27. The van der Waals surface area contributed by atoms with Gasteiger partial charge in [-0.05, 0) is 57.9 Å². The van der Waals surface area contributed by atoms with Crippen molar-refractivity contribution in [1.29, 1.82) is 0 Å². The molecule has 1 aliphatic heterocycles. The van der Waals surface area contributed by atoms with Crippen LogP contribution < -0.4 is 0 Å². The molecule has 25 heavy (non-hydrogen) atoms. The summed E-state index contributed by atoms with van der Waals surface area (Å²) >= 11 is 7.80. The van der Waals surface area contributed by atoms with Crippen molar-refractivity contribution in [2.24, 2.45) is 0 Å². The molecule has 0 aromatic heterocycles. The van der Waals surface area contributed by atoms with E-state index in [1.54, 1.807) is 28.8 Å². The Bertz CT molecular complexity index is 723. The Labute approximate surface area is 159 Å². The predicted molar refractivity (Wildman–Crippen MR) is 104 cm³/mol. The summed E-state index contributed by atoms with van der Waals surface area (Å²) in [6.07, 6.45) is 3.22. The summed E-state index contributed by atoms with van der Waals surface area (Å²) in [7, 11) is 0.892. The van der Waals surface area contributed by atoms with Crippen LogP contribution in [0.4, 0.5) is 0 Å². The number of amides is 1. The Hall–Kier alpha value is -0.760. The van der Waals surface area contributed by atoms with Gasteiger partial charge in [-0.25, -0.2) is 8.42 Å². The summed E-state index contributed by atoms with van der Waals surface area (Å²) in [6, 6.07) is 5.12. The van der Waals surface area contributed by atoms with E-state index >= 15 is 0 Å². The number of benzene rings is 1. The molecular weight excluding hydrogens is 380 g/mol. The van der Waals surface area contributed by atoms with Gasteiger partial charge in [0.05, 0.1) is 22.1 Å². The van der Waals surface area contributed by atoms with Gasteiger partial charge in [0.15, 0.2) is 9.84 Å². The van der Waals surface area contributed by atoms with Crippen LogP contribution in [0.1, 0.15) is 23.2 Å². The quantitative estimate of drug-likeness (QED) is 0.654. The van der Waals surface area contributed by atoms with Crippen molar-refractivity contribution >= 4 is 39.1 Å². The molecule has 5 nitrogen and oxygen atoms in total. The summed E-state index contributed by atoms with van der Waals surface area (Å²) < 4.78 is 23.8. The second-order valence-corrected chi connectivity index (χ2v) is 10.1. The molecule has 1 aromatic rings. The molecule has 0 spiro atoms. The second-order valence-electron chi connectivity index (χ2n) is 6.56. The molecule has 1 amide bonds. The van der Waals surface area contributed by atoms with Crippen molar-refractivity contribution in [3.63, 3.8) is 0 Å². The zero-order valence-corrected chi connectivity index (χ0v) is 17.3. The van der Waals surface area contributed by atoms with Crippen molar-refractivity contribution in [3.05, 3.63) is 28.8 Å². The van der Waals surface area contributed by atoms with Gasteiger partial charge >= 0.3 is 0 Å². The zero-order valence-electron chi connectivity index (χ0n) is 14.9. The van der Waals surface area contributed by atoms with Crippen LogP contribution in [0, 0.1) is 0 Å². The number of hydrogen-bond acceptors (Lipinski definition) is 5. The first-order chi connectivity index (χ1) is 11.7. The molecule has 1 aliphatic rings. The van der Waals surface area contributed by atoms with Crippen molar-refractivity contribution in [2.45, 2.75) is 23.8 Å². The summed E-state index contributed by atoms with van der Waals surface area (Å²) in [6.45, 7) is 1.36. The van der Waals surface area contributed by atoms with E-state index in [-0.39, 0.29) is 23.5 Å². The lowest BCUT2D eigenvalue weighted by Crippen LogP contribution is -2.42. The van der Waals surface area contributed by atoms with Crippen molar-refractivity contribution in [2.75, 3.05) is 44.9 Å². The smallest absolute Gasteiger partial charge is 0.255 e. The molecule has 2 rings (SSSR count). The van der Waals surface area contributed by atoms with E-state index in [4.69, 9.17) is 11.6 Å². The lowest BCUT2D eigenvalue weighted by molar-refractivity contribution is 0.0690. The fourth-order valence-corrected chi connectivity index (χ4v) is 5.35.